The molecule has 21 rings (SSSR count). The monoisotopic (exact) mass is 1300 g/mol. The fraction of sp³-hybridized carbons (Fsp3) is 0.0103. The zero-order valence-electron chi connectivity index (χ0n) is 63.1. The predicted molar refractivity (Wildman–Crippen MR) is 428 cm³/mol. The Labute approximate surface area is 604 Å². The summed E-state index contributed by atoms with van der Waals surface area (Å²) < 4.78 is 85.2. The lowest BCUT2D eigenvalue weighted by molar-refractivity contribution is 0.768. The maximum Gasteiger partial charge on any atom is 0.252 e. The van der Waals surface area contributed by atoms with Gasteiger partial charge in [-0.25, -0.2) is 0 Å². The molecule has 2 aliphatic heterocycles. The summed E-state index contributed by atoms with van der Waals surface area (Å²) in [5.41, 5.74) is 20.9. The Bertz CT molecular complexity index is 6300. The van der Waals surface area contributed by atoms with E-state index < -0.39 is 48.4 Å². The average Bonchev–Trinajstić information content (AvgIpc) is 1.52. The van der Waals surface area contributed by atoms with Gasteiger partial charge in [-0.3, -0.25) is 0 Å². The second kappa shape index (κ2) is 22.9. The van der Waals surface area contributed by atoms with Crippen molar-refractivity contribution in [3.8, 4) is 67.0 Å². The van der Waals surface area contributed by atoms with Crippen molar-refractivity contribution >= 4 is 101 Å². The Morgan fingerprint density at radius 2 is 0.588 bits per heavy atom. The Hall–Kier alpha value is -13.2. The molecule has 0 unspecified atom stereocenters. The molecule has 0 radical (unpaired) electrons. The second-order valence-electron chi connectivity index (χ2n) is 26.7. The van der Waals surface area contributed by atoms with E-state index in [2.05, 4.69) is 298 Å². The summed E-state index contributed by atoms with van der Waals surface area (Å²) in [7, 11) is 0. The van der Waals surface area contributed by atoms with Gasteiger partial charge in [0, 0.05) is 77.9 Å². The van der Waals surface area contributed by atoms with Crippen LogP contribution in [0.5, 0.6) is 0 Å². The van der Waals surface area contributed by atoms with Gasteiger partial charge in [-0.05, 0) is 133 Å². The van der Waals surface area contributed by atoms with Crippen molar-refractivity contribution in [3.05, 3.63) is 404 Å². The van der Waals surface area contributed by atoms with Crippen LogP contribution in [0.4, 0.5) is 34.1 Å². The number of hydrogen-bond acceptors (Lipinski definition) is 2. The molecule has 2 aromatic heterocycles. The molecule has 18 aromatic rings. The van der Waals surface area contributed by atoms with Gasteiger partial charge in [-0.1, -0.05) is 321 Å². The predicted octanol–water partition coefficient (Wildman–Crippen LogP) is 23.0. The second-order valence-corrected chi connectivity index (χ2v) is 26.7. The largest absolute Gasteiger partial charge is 0.310 e. The number of aromatic nitrogens is 2. The van der Waals surface area contributed by atoms with Gasteiger partial charge in [-0.15, -0.1) is 0 Å². The highest BCUT2D eigenvalue weighted by molar-refractivity contribution is 7.00. The summed E-state index contributed by atoms with van der Waals surface area (Å²) in [6.45, 7) is -0.551. The number of fused-ring (bicyclic) bond motifs is 13. The highest BCUT2D eigenvalue weighted by Crippen LogP contribution is 2.60. The zero-order valence-corrected chi connectivity index (χ0v) is 55.1. The summed E-state index contributed by atoms with van der Waals surface area (Å²) >= 11 is 0. The molecule has 1 aliphatic carbocycles. The minimum atomic E-state index is -1.92. The molecule has 0 bridgehead atoms. The van der Waals surface area contributed by atoms with Crippen LogP contribution >= 0.6 is 0 Å². The van der Waals surface area contributed by atoms with Crippen molar-refractivity contribution in [3.63, 3.8) is 0 Å². The molecule has 16 aromatic carbocycles. The minimum absolute atomic E-state index is 0.0173. The van der Waals surface area contributed by atoms with E-state index in [4.69, 9.17) is 0 Å². The Balaban J connectivity index is 1.01. The van der Waals surface area contributed by atoms with E-state index in [0.29, 0.717) is 11.1 Å². The Morgan fingerprint density at radius 3 is 0.951 bits per heavy atom. The topological polar surface area (TPSA) is 16.3 Å². The molecule has 5 heteroatoms. The first kappa shape index (κ1) is 50.2. The van der Waals surface area contributed by atoms with Gasteiger partial charge < -0.3 is 18.9 Å². The van der Waals surface area contributed by atoms with Crippen molar-refractivity contribution in [2.24, 2.45) is 0 Å². The van der Waals surface area contributed by atoms with Crippen molar-refractivity contribution in [2.75, 3.05) is 9.80 Å². The van der Waals surface area contributed by atoms with E-state index >= 15 is 0 Å². The van der Waals surface area contributed by atoms with Gasteiger partial charge in [-0.2, -0.15) is 0 Å². The molecule has 0 spiro atoms. The molecule has 0 fully saturated rings. The molecule has 0 saturated carbocycles. The summed E-state index contributed by atoms with van der Waals surface area (Å²) in [4.78, 5) is 4.92. The molecule has 3 aliphatic rings. The Kier molecular flexibility index (Phi) is 11.3. The first-order valence-electron chi connectivity index (χ1n) is 38.8. The molecule has 0 N–H and O–H groups in total. The number of hydrogen-bond donors (Lipinski definition) is 0. The Morgan fingerprint density at radius 1 is 0.265 bits per heavy atom. The molecule has 474 valence electrons. The van der Waals surface area contributed by atoms with Crippen LogP contribution in [-0.4, -0.2) is 15.8 Å². The lowest BCUT2D eigenvalue weighted by Crippen LogP contribution is -2.61. The zero-order chi connectivity index (χ0) is 73.9. The molecular weight excluding hydrogens is 1230 g/mol. The smallest absolute Gasteiger partial charge is 0.252 e. The van der Waals surface area contributed by atoms with E-state index in [1.54, 1.807) is 0 Å². The molecule has 0 atom stereocenters. The fourth-order valence-corrected chi connectivity index (χ4v) is 17.4. The highest BCUT2D eigenvalue weighted by atomic mass is 15.2. The summed E-state index contributed by atoms with van der Waals surface area (Å²) in [5, 5.41) is 4.46. The van der Waals surface area contributed by atoms with Crippen molar-refractivity contribution < 1.29 is 11.0 Å². The molecule has 102 heavy (non-hydrogen) atoms. The maximum atomic E-state index is 10.6. The molecule has 0 saturated heterocycles. The molecule has 4 nitrogen and oxygen atoms in total. The SMILES string of the molecule is [2H]c1c([2H])c([2H])c2c(c1[2H])-c1c([2H])c([2H])c([2H])c([2H])c1C2(c1ccccc1)c1cc2c3c(c1)N(c1c(-c4ccccc4)cccc1-c1ccccc1)c1cc(-n4c5ccccc5c5ccccc54)ccc1B3c1ccc(-n3c4ccccc4c4ccccc43)cc1N2c1c(-c2ccccc2)cccc1-c1ccccc1. The number of benzene rings is 16. The van der Waals surface area contributed by atoms with Gasteiger partial charge in [0.05, 0.1) is 49.8 Å². The van der Waals surface area contributed by atoms with Crippen LogP contribution in [0.15, 0.2) is 382 Å². The summed E-state index contributed by atoms with van der Waals surface area (Å²) in [5.74, 6) is 0. The van der Waals surface area contributed by atoms with Crippen LogP contribution in [0.25, 0.3) is 111 Å². The van der Waals surface area contributed by atoms with Gasteiger partial charge in [0.15, 0.2) is 0 Å². The van der Waals surface area contributed by atoms with E-state index in [9.17, 15) is 11.0 Å². The maximum absolute atomic E-state index is 10.6. The first-order chi connectivity index (χ1) is 54.0. The lowest BCUT2D eigenvalue weighted by atomic mass is 9.33. The average molecular weight is 1300 g/mol. The summed E-state index contributed by atoms with van der Waals surface area (Å²) in [6.07, 6.45) is 0. The van der Waals surface area contributed by atoms with Gasteiger partial charge in [0.25, 0.3) is 6.71 Å². The summed E-state index contributed by atoms with van der Waals surface area (Å²) in [6, 6.07) is 114. The fourth-order valence-electron chi connectivity index (χ4n) is 17.4. The van der Waals surface area contributed by atoms with Crippen molar-refractivity contribution in [1.29, 1.82) is 0 Å². The normalized spacial score (nSPS) is 14.2. The molecular formula is C97H63BN4. The first-order valence-corrected chi connectivity index (χ1v) is 34.8. The van der Waals surface area contributed by atoms with E-state index in [1.807, 2.05) is 54.6 Å². The van der Waals surface area contributed by atoms with Gasteiger partial charge in [0.1, 0.15) is 0 Å². The van der Waals surface area contributed by atoms with Gasteiger partial charge in [0.2, 0.25) is 0 Å². The van der Waals surface area contributed by atoms with Crippen molar-refractivity contribution in [2.45, 2.75) is 5.41 Å². The number of para-hydroxylation sites is 6. The van der Waals surface area contributed by atoms with Crippen LogP contribution in [0, 0.1) is 0 Å². The number of rotatable bonds is 10. The van der Waals surface area contributed by atoms with E-state index in [1.165, 1.54) is 0 Å². The third-order valence-corrected chi connectivity index (χ3v) is 21.6. The minimum Gasteiger partial charge on any atom is -0.310 e. The van der Waals surface area contributed by atoms with Gasteiger partial charge >= 0.3 is 0 Å². The third-order valence-electron chi connectivity index (χ3n) is 21.6. The quantitative estimate of drug-likeness (QED) is 0.127. The third kappa shape index (κ3) is 8.46. The highest BCUT2D eigenvalue weighted by Gasteiger charge is 2.51. The van der Waals surface area contributed by atoms with Crippen LogP contribution in [-0.2, 0) is 5.41 Å². The van der Waals surface area contributed by atoms with Crippen LogP contribution in [0.1, 0.15) is 33.2 Å². The standard InChI is InChI=1S/C97H63BN4/c1-6-30-64(31-7-1)72-46-28-47-73(65-32-8-2-9-33-65)95(72)101-90-62-70(99-86-52-24-18-42-78(86)79-43-19-25-53-87(79)99)56-58-84(90)98-85-59-57-71(100-88-54-26-20-44-80(88)81-45-21-27-55-89(81)100)63-91(85)102(96-74(66-34-10-3-11-35-66)48-29-49-75(96)67-36-12-4-13-37-67)93-61-69(60-92(101)94(93)98)97(68-38-14-5-15-39-68)82-50-22-16-40-76(82)77-41-17-23-51-83(77)97/h1-63H/i16D,17D,22D,23D,40D,41D,50D,51D. The number of anilines is 6. The van der Waals surface area contributed by atoms with E-state index in [-0.39, 0.29) is 34.3 Å². The van der Waals surface area contributed by atoms with Crippen LogP contribution < -0.4 is 26.2 Å². The lowest BCUT2D eigenvalue weighted by Gasteiger charge is -2.47. The molecule has 0 amide bonds. The molecule has 4 heterocycles. The van der Waals surface area contributed by atoms with Crippen LogP contribution in [0.2, 0.25) is 0 Å². The van der Waals surface area contributed by atoms with Crippen molar-refractivity contribution in [1.82, 2.24) is 9.13 Å². The van der Waals surface area contributed by atoms with E-state index in [0.717, 1.165) is 150 Å². The number of nitrogens with zero attached hydrogens (tertiary/aromatic N) is 4. The van der Waals surface area contributed by atoms with Crippen LogP contribution in [0.3, 0.4) is 0 Å².